The fourth-order valence-electron chi connectivity index (χ4n) is 3.19. The van der Waals surface area contributed by atoms with Crippen LogP contribution in [0.5, 0.6) is 5.75 Å². The Labute approximate surface area is 160 Å². The quantitative estimate of drug-likeness (QED) is 0.838. The summed E-state index contributed by atoms with van der Waals surface area (Å²) in [4.78, 5) is 14.9. The Kier molecular flexibility index (Phi) is 6.53. The lowest BCUT2D eigenvalue weighted by molar-refractivity contribution is -0.137. The average molecular weight is 373 g/mol. The van der Waals surface area contributed by atoms with Crippen LogP contribution in [0.2, 0.25) is 5.02 Å². The standard InChI is InChI=1S/C21H25ClN2O2/c1-16-2-4-17(5-3-16)14-24(19-10-12-23-13-11-19)21(25)15-26-20-8-6-18(22)7-9-20/h2-9,19,23H,10-15H2,1H3. The van der Waals surface area contributed by atoms with Gasteiger partial charge in [-0.25, -0.2) is 0 Å². The number of hydrogen-bond acceptors (Lipinski definition) is 3. The Balaban J connectivity index is 1.67. The monoisotopic (exact) mass is 372 g/mol. The van der Waals surface area contributed by atoms with Crippen molar-refractivity contribution in [3.63, 3.8) is 0 Å². The molecule has 2 aromatic carbocycles. The number of rotatable bonds is 6. The molecule has 1 fully saturated rings. The lowest BCUT2D eigenvalue weighted by Gasteiger charge is -2.34. The molecule has 5 heteroatoms. The van der Waals surface area contributed by atoms with Gasteiger partial charge in [0, 0.05) is 17.6 Å². The summed E-state index contributed by atoms with van der Waals surface area (Å²) in [5, 5.41) is 4.01. The first kappa shape index (κ1) is 18.7. The number of amides is 1. The summed E-state index contributed by atoms with van der Waals surface area (Å²) in [6, 6.07) is 15.7. The molecule has 26 heavy (non-hydrogen) atoms. The summed E-state index contributed by atoms with van der Waals surface area (Å²) in [5.41, 5.74) is 2.37. The maximum atomic E-state index is 12.9. The smallest absolute Gasteiger partial charge is 0.261 e. The van der Waals surface area contributed by atoms with E-state index in [9.17, 15) is 4.79 Å². The topological polar surface area (TPSA) is 41.6 Å². The molecule has 0 saturated carbocycles. The van der Waals surface area contributed by atoms with E-state index in [0.29, 0.717) is 17.3 Å². The van der Waals surface area contributed by atoms with Gasteiger partial charge in [0.05, 0.1) is 0 Å². The van der Waals surface area contributed by atoms with Crippen molar-refractivity contribution < 1.29 is 9.53 Å². The minimum Gasteiger partial charge on any atom is -0.484 e. The molecule has 0 bridgehead atoms. The molecule has 1 amide bonds. The summed E-state index contributed by atoms with van der Waals surface area (Å²) in [6.07, 6.45) is 1.94. The molecule has 3 rings (SSSR count). The summed E-state index contributed by atoms with van der Waals surface area (Å²) >= 11 is 5.89. The number of nitrogens with zero attached hydrogens (tertiary/aromatic N) is 1. The summed E-state index contributed by atoms with van der Waals surface area (Å²) < 4.78 is 5.69. The fraction of sp³-hybridized carbons (Fsp3) is 0.381. The molecule has 0 aliphatic carbocycles. The highest BCUT2D eigenvalue weighted by Crippen LogP contribution is 2.19. The van der Waals surface area contributed by atoms with Crippen molar-refractivity contribution in [1.82, 2.24) is 10.2 Å². The predicted molar refractivity (Wildman–Crippen MR) is 105 cm³/mol. The number of hydrogen-bond donors (Lipinski definition) is 1. The van der Waals surface area contributed by atoms with Crippen molar-refractivity contribution in [3.05, 3.63) is 64.7 Å². The predicted octanol–water partition coefficient (Wildman–Crippen LogP) is 3.81. The fourth-order valence-corrected chi connectivity index (χ4v) is 3.31. The van der Waals surface area contributed by atoms with Gasteiger partial charge in [0.25, 0.3) is 5.91 Å². The number of nitrogens with one attached hydrogen (secondary N) is 1. The van der Waals surface area contributed by atoms with Gasteiger partial charge in [-0.1, -0.05) is 41.4 Å². The van der Waals surface area contributed by atoms with Crippen LogP contribution in [0.3, 0.4) is 0 Å². The minimum atomic E-state index is 0.0208. The minimum absolute atomic E-state index is 0.0208. The van der Waals surface area contributed by atoms with Gasteiger partial charge < -0.3 is 15.0 Å². The zero-order valence-corrected chi connectivity index (χ0v) is 15.8. The van der Waals surface area contributed by atoms with E-state index >= 15 is 0 Å². The van der Waals surface area contributed by atoms with E-state index in [0.717, 1.165) is 31.5 Å². The first-order valence-corrected chi connectivity index (χ1v) is 9.44. The SMILES string of the molecule is Cc1ccc(CN(C(=O)COc2ccc(Cl)cc2)C2CCNCC2)cc1. The van der Waals surface area contributed by atoms with Crippen LogP contribution in [-0.4, -0.2) is 36.5 Å². The van der Waals surface area contributed by atoms with Crippen LogP contribution >= 0.6 is 11.6 Å². The molecule has 1 saturated heterocycles. The Morgan fingerprint density at radius 2 is 1.77 bits per heavy atom. The molecule has 4 nitrogen and oxygen atoms in total. The van der Waals surface area contributed by atoms with Crippen LogP contribution in [0.1, 0.15) is 24.0 Å². The highest BCUT2D eigenvalue weighted by atomic mass is 35.5. The zero-order chi connectivity index (χ0) is 18.4. The third-order valence-electron chi connectivity index (χ3n) is 4.72. The highest BCUT2D eigenvalue weighted by molar-refractivity contribution is 6.30. The van der Waals surface area contributed by atoms with Gasteiger partial charge in [0.2, 0.25) is 0 Å². The number of carbonyl (C=O) groups excluding carboxylic acids is 1. The van der Waals surface area contributed by atoms with Gasteiger partial charge in [0.15, 0.2) is 6.61 Å². The van der Waals surface area contributed by atoms with Gasteiger partial charge in [-0.2, -0.15) is 0 Å². The number of aryl methyl sites for hydroxylation is 1. The van der Waals surface area contributed by atoms with Crippen molar-refractivity contribution in [2.75, 3.05) is 19.7 Å². The van der Waals surface area contributed by atoms with Crippen molar-refractivity contribution >= 4 is 17.5 Å². The second kappa shape index (κ2) is 9.06. The van der Waals surface area contributed by atoms with E-state index in [2.05, 4.69) is 36.5 Å². The van der Waals surface area contributed by atoms with Gasteiger partial charge in [0.1, 0.15) is 5.75 Å². The second-order valence-corrected chi connectivity index (χ2v) is 7.17. The van der Waals surface area contributed by atoms with E-state index in [4.69, 9.17) is 16.3 Å². The average Bonchev–Trinajstić information content (AvgIpc) is 2.67. The second-order valence-electron chi connectivity index (χ2n) is 6.73. The molecule has 0 aromatic heterocycles. The number of halogens is 1. The van der Waals surface area contributed by atoms with Crippen LogP contribution in [0.25, 0.3) is 0 Å². The van der Waals surface area contributed by atoms with Crippen LogP contribution in [0, 0.1) is 6.92 Å². The van der Waals surface area contributed by atoms with Gasteiger partial charge in [-0.05, 0) is 62.7 Å². The zero-order valence-electron chi connectivity index (χ0n) is 15.1. The lowest BCUT2D eigenvalue weighted by Crippen LogP contribution is -2.47. The summed E-state index contributed by atoms with van der Waals surface area (Å²) in [6.45, 7) is 4.62. The maximum Gasteiger partial charge on any atom is 0.261 e. The first-order valence-electron chi connectivity index (χ1n) is 9.06. The van der Waals surface area contributed by atoms with Gasteiger partial charge >= 0.3 is 0 Å². The third kappa shape index (κ3) is 5.23. The normalized spacial score (nSPS) is 14.8. The number of ether oxygens (including phenoxy) is 1. The van der Waals surface area contributed by atoms with Crippen molar-refractivity contribution in [2.45, 2.75) is 32.4 Å². The Bertz CT molecular complexity index is 710. The van der Waals surface area contributed by atoms with Crippen molar-refractivity contribution in [3.8, 4) is 5.75 Å². The molecule has 1 N–H and O–H groups in total. The van der Waals surface area contributed by atoms with E-state index in [-0.39, 0.29) is 18.6 Å². The molecule has 1 aliphatic rings. The molecule has 2 aromatic rings. The van der Waals surface area contributed by atoms with Crippen molar-refractivity contribution in [1.29, 1.82) is 0 Å². The summed E-state index contributed by atoms with van der Waals surface area (Å²) in [5.74, 6) is 0.677. The van der Waals surface area contributed by atoms with Crippen LogP contribution < -0.4 is 10.1 Å². The Morgan fingerprint density at radius 3 is 2.42 bits per heavy atom. The van der Waals surface area contributed by atoms with E-state index in [1.807, 2.05) is 4.90 Å². The first-order chi connectivity index (χ1) is 12.6. The largest absolute Gasteiger partial charge is 0.484 e. The molecule has 0 atom stereocenters. The molecular weight excluding hydrogens is 348 g/mol. The number of benzene rings is 2. The van der Waals surface area contributed by atoms with Crippen LogP contribution in [-0.2, 0) is 11.3 Å². The highest BCUT2D eigenvalue weighted by Gasteiger charge is 2.25. The maximum absolute atomic E-state index is 12.9. The van der Waals surface area contributed by atoms with E-state index in [1.54, 1.807) is 24.3 Å². The van der Waals surface area contributed by atoms with Crippen molar-refractivity contribution in [2.24, 2.45) is 0 Å². The molecule has 0 unspecified atom stereocenters. The Hall–Kier alpha value is -2.04. The van der Waals surface area contributed by atoms with Crippen LogP contribution in [0.4, 0.5) is 0 Å². The molecule has 138 valence electrons. The van der Waals surface area contributed by atoms with E-state index < -0.39 is 0 Å². The summed E-state index contributed by atoms with van der Waals surface area (Å²) in [7, 11) is 0. The number of piperidine rings is 1. The molecule has 1 heterocycles. The third-order valence-corrected chi connectivity index (χ3v) is 4.97. The molecular formula is C21H25ClN2O2. The Morgan fingerprint density at radius 1 is 1.12 bits per heavy atom. The van der Waals surface area contributed by atoms with E-state index in [1.165, 1.54) is 5.56 Å². The van der Waals surface area contributed by atoms with Crippen LogP contribution in [0.15, 0.2) is 48.5 Å². The molecule has 0 radical (unpaired) electrons. The number of carbonyl (C=O) groups is 1. The lowest BCUT2D eigenvalue weighted by atomic mass is 10.0. The molecule has 1 aliphatic heterocycles. The van der Waals surface area contributed by atoms with Gasteiger partial charge in [-0.3, -0.25) is 4.79 Å². The van der Waals surface area contributed by atoms with Gasteiger partial charge in [-0.15, -0.1) is 0 Å². The molecule has 0 spiro atoms.